The number of anilines is 1. The van der Waals surface area contributed by atoms with Crippen LogP contribution in [0.2, 0.25) is 0 Å². The molecule has 1 saturated carbocycles. The van der Waals surface area contributed by atoms with Gasteiger partial charge >= 0.3 is 12.0 Å². The van der Waals surface area contributed by atoms with Gasteiger partial charge in [0.15, 0.2) is 5.82 Å². The Morgan fingerprint density at radius 2 is 2.15 bits per heavy atom. The van der Waals surface area contributed by atoms with Gasteiger partial charge in [-0.25, -0.2) is 9.18 Å². The Hall–Kier alpha value is -3.04. The standard InChI is InChI=1S/C17H19FN6O3/c1-17(15(25)26)6-7-23(9-17)16(27)19-11-4-5-12(18)13(8-11)24-14(10-2-3-10)20-21-22-24/h4-5,8,10H,2-3,6-7,9H2,1H3,(H,19,27)(H,25,26). The van der Waals surface area contributed by atoms with Gasteiger partial charge in [0, 0.05) is 24.7 Å². The van der Waals surface area contributed by atoms with E-state index in [4.69, 9.17) is 0 Å². The average molecular weight is 374 g/mol. The van der Waals surface area contributed by atoms with Crippen LogP contribution in [-0.2, 0) is 4.79 Å². The minimum absolute atomic E-state index is 0.126. The second-order valence-corrected chi connectivity index (χ2v) is 7.36. The second kappa shape index (κ2) is 6.29. The van der Waals surface area contributed by atoms with E-state index in [0.717, 1.165) is 12.8 Å². The van der Waals surface area contributed by atoms with E-state index in [1.54, 1.807) is 6.92 Å². The Balaban J connectivity index is 1.53. The zero-order valence-electron chi connectivity index (χ0n) is 14.7. The lowest BCUT2D eigenvalue weighted by molar-refractivity contribution is -0.146. The van der Waals surface area contributed by atoms with Gasteiger partial charge in [-0.1, -0.05) is 0 Å². The van der Waals surface area contributed by atoms with Crippen molar-refractivity contribution in [2.75, 3.05) is 18.4 Å². The summed E-state index contributed by atoms with van der Waals surface area (Å²) >= 11 is 0. The molecule has 0 bridgehead atoms. The number of hydrogen-bond donors (Lipinski definition) is 2. The van der Waals surface area contributed by atoms with Crippen molar-refractivity contribution in [1.82, 2.24) is 25.1 Å². The van der Waals surface area contributed by atoms with Gasteiger partial charge in [-0.3, -0.25) is 4.79 Å². The number of tetrazole rings is 1. The van der Waals surface area contributed by atoms with Crippen molar-refractivity contribution in [3.63, 3.8) is 0 Å². The van der Waals surface area contributed by atoms with E-state index in [2.05, 4.69) is 20.8 Å². The Morgan fingerprint density at radius 3 is 2.81 bits per heavy atom. The molecule has 27 heavy (non-hydrogen) atoms. The summed E-state index contributed by atoms with van der Waals surface area (Å²) in [6, 6.07) is 3.75. The van der Waals surface area contributed by atoms with Crippen LogP contribution in [0.15, 0.2) is 18.2 Å². The first kappa shape index (κ1) is 17.4. The van der Waals surface area contributed by atoms with E-state index in [-0.39, 0.29) is 18.2 Å². The summed E-state index contributed by atoms with van der Waals surface area (Å²) in [5.74, 6) is -0.583. The van der Waals surface area contributed by atoms with Crippen molar-refractivity contribution in [2.24, 2.45) is 5.41 Å². The number of aliphatic carboxylic acids is 1. The molecule has 2 amide bonds. The van der Waals surface area contributed by atoms with Gasteiger partial charge in [-0.2, -0.15) is 4.68 Å². The number of carbonyl (C=O) groups excluding carboxylic acids is 1. The normalized spacial score (nSPS) is 22.1. The number of halogens is 1. The van der Waals surface area contributed by atoms with Crippen molar-refractivity contribution in [3.8, 4) is 5.69 Å². The molecule has 2 heterocycles. The van der Waals surface area contributed by atoms with Gasteiger partial charge < -0.3 is 15.3 Å². The van der Waals surface area contributed by atoms with Gasteiger partial charge in [0.05, 0.1) is 5.41 Å². The molecule has 0 radical (unpaired) electrons. The van der Waals surface area contributed by atoms with Crippen LogP contribution >= 0.6 is 0 Å². The third-order valence-corrected chi connectivity index (χ3v) is 5.14. The van der Waals surface area contributed by atoms with Crippen molar-refractivity contribution in [2.45, 2.75) is 32.1 Å². The van der Waals surface area contributed by atoms with Crippen LogP contribution in [0.5, 0.6) is 0 Å². The number of carboxylic acids is 1. The van der Waals surface area contributed by atoms with Crippen molar-refractivity contribution in [3.05, 3.63) is 29.8 Å². The maximum atomic E-state index is 14.3. The lowest BCUT2D eigenvalue weighted by atomic mass is 9.90. The zero-order chi connectivity index (χ0) is 19.2. The number of likely N-dealkylation sites (tertiary alicyclic amines) is 1. The molecule has 2 aromatic rings. The van der Waals surface area contributed by atoms with Crippen LogP contribution in [0.4, 0.5) is 14.9 Å². The summed E-state index contributed by atoms with van der Waals surface area (Å²) < 4.78 is 15.7. The molecule has 10 heteroatoms. The van der Waals surface area contributed by atoms with E-state index < -0.39 is 23.2 Å². The first-order valence-electron chi connectivity index (χ1n) is 8.75. The van der Waals surface area contributed by atoms with Crippen LogP contribution in [0.3, 0.4) is 0 Å². The molecule has 1 aliphatic carbocycles. The molecule has 0 spiro atoms. The third kappa shape index (κ3) is 3.22. The van der Waals surface area contributed by atoms with E-state index in [9.17, 15) is 19.1 Å². The van der Waals surface area contributed by atoms with Crippen LogP contribution in [-0.4, -0.2) is 55.3 Å². The van der Waals surface area contributed by atoms with Crippen LogP contribution in [0.25, 0.3) is 5.69 Å². The smallest absolute Gasteiger partial charge is 0.321 e. The highest BCUT2D eigenvalue weighted by atomic mass is 19.1. The molecule has 9 nitrogen and oxygen atoms in total. The van der Waals surface area contributed by atoms with Gasteiger partial charge in [0.2, 0.25) is 0 Å². The number of carboxylic acid groups (broad SMARTS) is 1. The van der Waals surface area contributed by atoms with E-state index >= 15 is 0 Å². The molecule has 2 N–H and O–H groups in total. The SMILES string of the molecule is CC1(C(=O)O)CCN(C(=O)Nc2ccc(F)c(-n3nnnc3C3CC3)c2)C1. The number of aromatic nitrogens is 4. The Morgan fingerprint density at radius 1 is 1.37 bits per heavy atom. The predicted molar refractivity (Wildman–Crippen MR) is 92.0 cm³/mol. The molecule has 142 valence electrons. The number of benzene rings is 1. The number of nitrogens with zero attached hydrogens (tertiary/aromatic N) is 5. The van der Waals surface area contributed by atoms with Crippen LogP contribution in [0.1, 0.15) is 37.9 Å². The number of carbonyl (C=O) groups is 2. The van der Waals surface area contributed by atoms with Gasteiger partial charge in [-0.05, 0) is 54.8 Å². The molecule has 1 aromatic heterocycles. The summed E-state index contributed by atoms with van der Waals surface area (Å²) in [4.78, 5) is 25.3. The number of amides is 2. The number of hydrogen-bond acceptors (Lipinski definition) is 5. The molecule has 2 fully saturated rings. The summed E-state index contributed by atoms with van der Waals surface area (Å²) in [5, 5.41) is 23.5. The highest BCUT2D eigenvalue weighted by Crippen LogP contribution is 2.39. The zero-order valence-corrected chi connectivity index (χ0v) is 14.7. The maximum absolute atomic E-state index is 14.3. The summed E-state index contributed by atoms with van der Waals surface area (Å²) in [6.45, 7) is 2.10. The predicted octanol–water partition coefficient (Wildman–Crippen LogP) is 2.01. The van der Waals surface area contributed by atoms with Crippen LogP contribution < -0.4 is 5.32 Å². The van der Waals surface area contributed by atoms with Crippen LogP contribution in [0, 0.1) is 11.2 Å². The van der Waals surface area contributed by atoms with Crippen molar-refractivity contribution >= 4 is 17.7 Å². The Labute approximate surface area is 154 Å². The topological polar surface area (TPSA) is 113 Å². The van der Waals surface area contributed by atoms with E-state index in [0.29, 0.717) is 24.5 Å². The minimum atomic E-state index is -0.948. The second-order valence-electron chi connectivity index (χ2n) is 7.36. The Bertz CT molecular complexity index is 912. The minimum Gasteiger partial charge on any atom is -0.481 e. The third-order valence-electron chi connectivity index (χ3n) is 5.14. The summed E-state index contributed by atoms with van der Waals surface area (Å²) in [7, 11) is 0. The number of nitrogens with one attached hydrogen (secondary N) is 1. The fourth-order valence-electron chi connectivity index (χ4n) is 3.23. The number of urea groups is 1. The fourth-order valence-corrected chi connectivity index (χ4v) is 3.23. The van der Waals surface area contributed by atoms with Crippen molar-refractivity contribution < 1.29 is 19.1 Å². The molecular formula is C17H19FN6O3. The molecule has 1 aromatic carbocycles. The highest BCUT2D eigenvalue weighted by Gasteiger charge is 2.42. The lowest BCUT2D eigenvalue weighted by Gasteiger charge is -2.20. The quantitative estimate of drug-likeness (QED) is 0.846. The molecule has 1 aliphatic heterocycles. The summed E-state index contributed by atoms with van der Waals surface area (Å²) in [6.07, 6.45) is 2.32. The van der Waals surface area contributed by atoms with Gasteiger partial charge in [0.1, 0.15) is 11.5 Å². The molecular weight excluding hydrogens is 355 g/mol. The molecule has 2 aliphatic rings. The largest absolute Gasteiger partial charge is 0.481 e. The van der Waals surface area contributed by atoms with E-state index in [1.165, 1.54) is 27.8 Å². The first-order valence-corrected chi connectivity index (χ1v) is 8.75. The highest BCUT2D eigenvalue weighted by molar-refractivity contribution is 5.90. The molecule has 1 atom stereocenters. The van der Waals surface area contributed by atoms with E-state index in [1.807, 2.05) is 0 Å². The first-order chi connectivity index (χ1) is 12.9. The lowest BCUT2D eigenvalue weighted by Crippen LogP contribution is -2.37. The van der Waals surface area contributed by atoms with Gasteiger partial charge in [0.25, 0.3) is 0 Å². The summed E-state index contributed by atoms with van der Waals surface area (Å²) in [5.41, 5.74) is -0.397. The maximum Gasteiger partial charge on any atom is 0.321 e. The Kier molecular flexibility index (Phi) is 4.05. The van der Waals surface area contributed by atoms with Gasteiger partial charge in [-0.15, -0.1) is 5.10 Å². The molecule has 1 saturated heterocycles. The monoisotopic (exact) mass is 374 g/mol. The average Bonchev–Trinajstić information content (AvgIpc) is 3.21. The van der Waals surface area contributed by atoms with Crippen molar-refractivity contribution in [1.29, 1.82) is 0 Å². The fraction of sp³-hybridized carbons (Fsp3) is 0.471. The number of rotatable bonds is 4. The molecule has 4 rings (SSSR count). The molecule has 1 unspecified atom stereocenters.